The fraction of sp³-hybridized carbons (Fsp3) is 0.955. The molecule has 2 aliphatic rings. The lowest BCUT2D eigenvalue weighted by Gasteiger charge is -2.31. The third-order valence-electron chi connectivity index (χ3n) is 6.67. The minimum absolute atomic E-state index is 0.422. The molecule has 0 saturated heterocycles. The fourth-order valence-corrected chi connectivity index (χ4v) is 5.04. The number of unbranched alkanes of at least 4 members (excludes halogenated alkanes) is 2. The van der Waals surface area contributed by atoms with E-state index >= 15 is 0 Å². The van der Waals surface area contributed by atoms with Crippen LogP contribution in [-0.2, 0) is 4.79 Å². The normalized spacial score (nSPS) is 31.9. The molecule has 2 saturated carbocycles. The highest BCUT2D eigenvalue weighted by atomic mass is 16.1. The van der Waals surface area contributed by atoms with Crippen molar-refractivity contribution >= 4 is 5.78 Å². The number of rotatable bonds is 9. The standard InChI is InChI=1S/C22H40O/c1-3-5-6-8-19-13-15-21(16-14-19)22(23)17-20-11-9-18(7-4-2)10-12-20/h18-21H,3-17H2,1-2H3/t18-,19-,20-,21-. The molecule has 0 aliphatic heterocycles. The van der Waals surface area contributed by atoms with Crippen LogP contribution < -0.4 is 0 Å². The van der Waals surface area contributed by atoms with Gasteiger partial charge in [-0.2, -0.15) is 0 Å². The average molecular weight is 321 g/mol. The van der Waals surface area contributed by atoms with Crippen molar-refractivity contribution in [3.05, 3.63) is 0 Å². The summed E-state index contributed by atoms with van der Waals surface area (Å²) < 4.78 is 0. The highest BCUT2D eigenvalue weighted by Gasteiger charge is 2.29. The highest BCUT2D eigenvalue weighted by Crippen LogP contribution is 2.37. The summed E-state index contributed by atoms with van der Waals surface area (Å²) in [5, 5.41) is 0. The Hall–Kier alpha value is -0.330. The molecular formula is C22H40O. The van der Waals surface area contributed by atoms with Crippen LogP contribution in [0.5, 0.6) is 0 Å². The number of hydrogen-bond acceptors (Lipinski definition) is 1. The highest BCUT2D eigenvalue weighted by molar-refractivity contribution is 5.81. The van der Waals surface area contributed by atoms with E-state index in [4.69, 9.17) is 0 Å². The van der Waals surface area contributed by atoms with E-state index in [2.05, 4.69) is 13.8 Å². The van der Waals surface area contributed by atoms with Crippen molar-refractivity contribution < 1.29 is 4.79 Å². The molecule has 134 valence electrons. The van der Waals surface area contributed by atoms with Crippen LogP contribution in [0, 0.1) is 23.7 Å². The van der Waals surface area contributed by atoms with Crippen molar-refractivity contribution in [1.82, 2.24) is 0 Å². The quantitative estimate of drug-likeness (QED) is 0.420. The summed E-state index contributed by atoms with van der Waals surface area (Å²) in [6, 6.07) is 0. The van der Waals surface area contributed by atoms with Crippen LogP contribution in [0.25, 0.3) is 0 Å². The molecule has 2 rings (SSSR count). The van der Waals surface area contributed by atoms with Gasteiger partial charge in [0.1, 0.15) is 5.78 Å². The predicted molar refractivity (Wildman–Crippen MR) is 99.6 cm³/mol. The molecule has 2 aliphatic carbocycles. The third kappa shape index (κ3) is 6.59. The van der Waals surface area contributed by atoms with Gasteiger partial charge in [0.25, 0.3) is 0 Å². The maximum Gasteiger partial charge on any atom is 0.136 e. The van der Waals surface area contributed by atoms with Gasteiger partial charge in [0.2, 0.25) is 0 Å². The molecule has 0 radical (unpaired) electrons. The van der Waals surface area contributed by atoms with E-state index < -0.39 is 0 Å². The van der Waals surface area contributed by atoms with Crippen molar-refractivity contribution in [3.8, 4) is 0 Å². The molecule has 0 aromatic heterocycles. The van der Waals surface area contributed by atoms with E-state index in [1.165, 1.54) is 89.9 Å². The number of hydrogen-bond donors (Lipinski definition) is 0. The van der Waals surface area contributed by atoms with Gasteiger partial charge in [-0.3, -0.25) is 4.79 Å². The SMILES string of the molecule is CCCCC[C@H]1CC[C@H](C(=O)C[C@H]2CC[C@H](CCC)CC2)CC1. The molecule has 0 spiro atoms. The van der Waals surface area contributed by atoms with Gasteiger partial charge in [0.05, 0.1) is 0 Å². The summed E-state index contributed by atoms with van der Waals surface area (Å²) in [6.45, 7) is 4.58. The van der Waals surface area contributed by atoms with E-state index in [0.717, 1.165) is 24.2 Å². The van der Waals surface area contributed by atoms with Gasteiger partial charge in [-0.1, -0.05) is 65.2 Å². The Morgan fingerprint density at radius 1 is 0.696 bits per heavy atom. The molecule has 0 aromatic rings. The van der Waals surface area contributed by atoms with Crippen molar-refractivity contribution in [2.45, 2.75) is 110 Å². The predicted octanol–water partition coefficient (Wildman–Crippen LogP) is 6.94. The van der Waals surface area contributed by atoms with E-state index in [1.807, 2.05) is 0 Å². The summed E-state index contributed by atoms with van der Waals surface area (Å²) in [5.41, 5.74) is 0. The first-order chi connectivity index (χ1) is 11.2. The Balaban J connectivity index is 1.62. The van der Waals surface area contributed by atoms with Crippen LogP contribution >= 0.6 is 0 Å². The lowest BCUT2D eigenvalue weighted by atomic mass is 9.74. The van der Waals surface area contributed by atoms with Crippen LogP contribution in [0.3, 0.4) is 0 Å². The first kappa shape index (κ1) is 19.0. The Kier molecular flexibility index (Phi) is 8.69. The van der Waals surface area contributed by atoms with Crippen molar-refractivity contribution in [2.24, 2.45) is 23.7 Å². The monoisotopic (exact) mass is 320 g/mol. The molecule has 0 aromatic carbocycles. The smallest absolute Gasteiger partial charge is 0.136 e. The largest absolute Gasteiger partial charge is 0.299 e. The number of Topliss-reactive ketones (excluding diaryl/α,β-unsaturated/α-hetero) is 1. The molecule has 0 atom stereocenters. The van der Waals surface area contributed by atoms with Crippen molar-refractivity contribution in [3.63, 3.8) is 0 Å². The molecule has 0 N–H and O–H groups in total. The summed E-state index contributed by atoms with van der Waals surface area (Å²) >= 11 is 0. The molecule has 0 unspecified atom stereocenters. The molecule has 0 amide bonds. The van der Waals surface area contributed by atoms with Gasteiger partial charge >= 0.3 is 0 Å². The summed E-state index contributed by atoms with van der Waals surface area (Å²) in [5.74, 6) is 3.65. The Morgan fingerprint density at radius 3 is 1.87 bits per heavy atom. The first-order valence-corrected chi connectivity index (χ1v) is 10.8. The number of carbonyl (C=O) groups excluding carboxylic acids is 1. The van der Waals surface area contributed by atoms with Crippen LogP contribution in [0.4, 0.5) is 0 Å². The second kappa shape index (κ2) is 10.5. The zero-order valence-corrected chi connectivity index (χ0v) is 15.8. The van der Waals surface area contributed by atoms with E-state index in [0.29, 0.717) is 11.7 Å². The van der Waals surface area contributed by atoms with Crippen LogP contribution in [0.15, 0.2) is 0 Å². The lowest BCUT2D eigenvalue weighted by molar-refractivity contribution is -0.125. The zero-order chi connectivity index (χ0) is 16.5. The molecule has 1 heteroatoms. The minimum Gasteiger partial charge on any atom is -0.299 e. The van der Waals surface area contributed by atoms with Crippen molar-refractivity contribution in [1.29, 1.82) is 0 Å². The molecule has 0 heterocycles. The van der Waals surface area contributed by atoms with Gasteiger partial charge in [-0.15, -0.1) is 0 Å². The molecule has 0 bridgehead atoms. The van der Waals surface area contributed by atoms with Gasteiger partial charge in [0, 0.05) is 12.3 Å². The third-order valence-corrected chi connectivity index (χ3v) is 6.67. The fourth-order valence-electron chi connectivity index (χ4n) is 5.04. The number of ketones is 1. The first-order valence-electron chi connectivity index (χ1n) is 10.8. The van der Waals surface area contributed by atoms with Crippen molar-refractivity contribution in [2.75, 3.05) is 0 Å². The second-order valence-corrected chi connectivity index (χ2v) is 8.56. The van der Waals surface area contributed by atoms with Gasteiger partial charge < -0.3 is 0 Å². The molecule has 1 nitrogen and oxygen atoms in total. The Labute approximate surface area is 145 Å². The number of carbonyl (C=O) groups is 1. The summed E-state index contributed by atoms with van der Waals surface area (Å²) in [4.78, 5) is 12.6. The van der Waals surface area contributed by atoms with Crippen LogP contribution in [0.1, 0.15) is 110 Å². The van der Waals surface area contributed by atoms with Gasteiger partial charge in [0.15, 0.2) is 0 Å². The minimum atomic E-state index is 0.422. The summed E-state index contributed by atoms with van der Waals surface area (Å²) in [6.07, 6.45) is 19.6. The van der Waals surface area contributed by atoms with E-state index in [1.54, 1.807) is 0 Å². The topological polar surface area (TPSA) is 17.1 Å². The molecular weight excluding hydrogens is 280 g/mol. The average Bonchev–Trinajstić information content (AvgIpc) is 2.58. The Bertz CT molecular complexity index is 319. The zero-order valence-electron chi connectivity index (χ0n) is 15.8. The van der Waals surface area contributed by atoms with Crippen LogP contribution in [-0.4, -0.2) is 5.78 Å². The molecule has 23 heavy (non-hydrogen) atoms. The van der Waals surface area contributed by atoms with E-state index in [-0.39, 0.29) is 0 Å². The lowest BCUT2D eigenvalue weighted by Crippen LogP contribution is -2.25. The van der Waals surface area contributed by atoms with Gasteiger partial charge in [-0.05, 0) is 56.3 Å². The maximum atomic E-state index is 12.6. The summed E-state index contributed by atoms with van der Waals surface area (Å²) in [7, 11) is 0. The maximum absolute atomic E-state index is 12.6. The van der Waals surface area contributed by atoms with E-state index in [9.17, 15) is 4.79 Å². The molecule has 2 fully saturated rings. The van der Waals surface area contributed by atoms with Gasteiger partial charge in [-0.25, -0.2) is 0 Å². The van der Waals surface area contributed by atoms with Crippen LogP contribution in [0.2, 0.25) is 0 Å². The Morgan fingerprint density at radius 2 is 1.26 bits per heavy atom. The second-order valence-electron chi connectivity index (χ2n) is 8.56.